The molecule has 0 bridgehead atoms. The Kier molecular flexibility index (Phi) is 4.31. The van der Waals surface area contributed by atoms with Crippen LogP contribution < -0.4 is 4.74 Å². The number of carbonyl (C=O) groups is 1. The molecule has 0 atom stereocenters. The van der Waals surface area contributed by atoms with Gasteiger partial charge in [0, 0.05) is 10.7 Å². The van der Waals surface area contributed by atoms with E-state index in [9.17, 15) is 23.1 Å². The van der Waals surface area contributed by atoms with Crippen molar-refractivity contribution in [2.45, 2.75) is 11.4 Å². The van der Waals surface area contributed by atoms with Crippen LogP contribution in [-0.2, 0) is 0 Å². The summed E-state index contributed by atoms with van der Waals surface area (Å²) in [5, 5.41) is 10.1. The number of carbonyl (C=O) groups excluding carboxylic acids is 1. The molecule has 124 valence electrons. The van der Waals surface area contributed by atoms with Crippen molar-refractivity contribution in [3.63, 3.8) is 0 Å². The number of ketones is 1. The number of fused-ring (bicyclic) bond motifs is 1. The molecule has 1 aliphatic heterocycles. The van der Waals surface area contributed by atoms with Crippen LogP contribution in [-0.4, -0.2) is 22.2 Å². The molecule has 0 unspecified atom stereocenters. The lowest BCUT2D eigenvalue weighted by Gasteiger charge is -2.12. The molecular weight excluding hydrogens is 411 g/mol. The molecule has 0 saturated carbocycles. The minimum absolute atomic E-state index is 0.260. The van der Waals surface area contributed by atoms with Crippen LogP contribution in [0, 0.1) is 0 Å². The Bertz CT molecular complexity index is 868. The second-order valence-corrected chi connectivity index (χ2v) is 6.57. The Labute approximate surface area is 146 Å². The van der Waals surface area contributed by atoms with Gasteiger partial charge in [0.2, 0.25) is 5.78 Å². The number of benzene rings is 1. The van der Waals surface area contributed by atoms with E-state index in [0.717, 1.165) is 23.9 Å². The van der Waals surface area contributed by atoms with Crippen molar-refractivity contribution in [3.8, 4) is 11.5 Å². The molecular formula is C15H7BrF3NO3S. The van der Waals surface area contributed by atoms with Gasteiger partial charge in [-0.3, -0.25) is 4.79 Å². The maximum Gasteiger partial charge on any atom is 0.573 e. The van der Waals surface area contributed by atoms with Gasteiger partial charge in [0.05, 0.1) is 10.5 Å². The molecule has 2 aromatic rings. The minimum atomic E-state index is -4.94. The van der Waals surface area contributed by atoms with Gasteiger partial charge in [-0.25, -0.2) is 4.98 Å². The van der Waals surface area contributed by atoms with Crippen LogP contribution in [0.15, 0.2) is 44.9 Å². The zero-order valence-electron chi connectivity index (χ0n) is 11.6. The number of ether oxygens (including phenoxy) is 1. The highest BCUT2D eigenvalue weighted by Gasteiger charge is 2.33. The van der Waals surface area contributed by atoms with E-state index in [2.05, 4.69) is 25.7 Å². The number of aromatic nitrogens is 1. The summed E-state index contributed by atoms with van der Waals surface area (Å²) in [7, 11) is 0. The van der Waals surface area contributed by atoms with Crippen LogP contribution in [0.2, 0.25) is 0 Å². The number of halogens is 4. The van der Waals surface area contributed by atoms with Crippen molar-refractivity contribution in [2.75, 3.05) is 0 Å². The summed E-state index contributed by atoms with van der Waals surface area (Å²) in [6.45, 7) is 0. The molecule has 0 radical (unpaired) electrons. The third-order valence-corrected chi connectivity index (χ3v) is 4.77. The number of hydrogen-bond acceptors (Lipinski definition) is 5. The van der Waals surface area contributed by atoms with Gasteiger partial charge in [-0.2, -0.15) is 0 Å². The van der Waals surface area contributed by atoms with Crippen molar-refractivity contribution in [1.29, 1.82) is 0 Å². The Morgan fingerprint density at radius 2 is 2.08 bits per heavy atom. The van der Waals surface area contributed by atoms with E-state index < -0.39 is 17.9 Å². The third kappa shape index (κ3) is 3.41. The summed E-state index contributed by atoms with van der Waals surface area (Å²) in [6, 6.07) is 5.33. The smallest absolute Gasteiger partial charge is 0.504 e. The fourth-order valence-electron chi connectivity index (χ4n) is 2.04. The van der Waals surface area contributed by atoms with Crippen LogP contribution in [0.25, 0.3) is 6.08 Å². The normalized spacial score (nSPS) is 15.7. The minimum Gasteiger partial charge on any atom is -0.504 e. The van der Waals surface area contributed by atoms with Gasteiger partial charge >= 0.3 is 6.36 Å². The monoisotopic (exact) mass is 417 g/mol. The maximum absolute atomic E-state index is 12.4. The van der Waals surface area contributed by atoms with Crippen molar-refractivity contribution in [1.82, 2.24) is 4.98 Å². The first-order valence-electron chi connectivity index (χ1n) is 6.42. The SMILES string of the molecule is O=C1/C(=C/c2cc(OC(F)(F)F)c(O)cc2Br)Sc2ncccc21. The molecule has 1 aromatic carbocycles. The van der Waals surface area contributed by atoms with E-state index in [-0.39, 0.29) is 11.3 Å². The second-order valence-electron chi connectivity index (χ2n) is 4.69. The van der Waals surface area contributed by atoms with E-state index in [1.165, 1.54) is 6.08 Å². The van der Waals surface area contributed by atoms with Crippen molar-refractivity contribution >= 4 is 39.6 Å². The molecule has 4 nitrogen and oxygen atoms in total. The average Bonchev–Trinajstić information content (AvgIpc) is 2.80. The van der Waals surface area contributed by atoms with Gasteiger partial charge in [-0.15, -0.1) is 13.2 Å². The molecule has 24 heavy (non-hydrogen) atoms. The molecule has 0 fully saturated rings. The van der Waals surface area contributed by atoms with Crippen LogP contribution in [0.5, 0.6) is 11.5 Å². The Hall–Kier alpha value is -2.00. The van der Waals surface area contributed by atoms with E-state index >= 15 is 0 Å². The van der Waals surface area contributed by atoms with Crippen molar-refractivity contribution in [3.05, 3.63) is 51.0 Å². The highest BCUT2D eigenvalue weighted by atomic mass is 79.9. The summed E-state index contributed by atoms with van der Waals surface area (Å²) in [5.74, 6) is -1.68. The maximum atomic E-state index is 12.4. The molecule has 0 amide bonds. The lowest BCUT2D eigenvalue weighted by molar-refractivity contribution is -0.275. The van der Waals surface area contributed by atoms with Crippen LogP contribution in [0.1, 0.15) is 15.9 Å². The summed E-state index contributed by atoms with van der Waals surface area (Å²) >= 11 is 4.27. The molecule has 3 rings (SSSR count). The quantitative estimate of drug-likeness (QED) is 0.712. The first-order valence-corrected chi connectivity index (χ1v) is 8.03. The highest BCUT2D eigenvalue weighted by Crippen LogP contribution is 2.42. The van der Waals surface area contributed by atoms with E-state index in [0.29, 0.717) is 20.0 Å². The molecule has 9 heteroatoms. The third-order valence-electron chi connectivity index (χ3n) is 3.04. The molecule has 0 aliphatic carbocycles. The lowest BCUT2D eigenvalue weighted by atomic mass is 10.1. The predicted molar refractivity (Wildman–Crippen MR) is 84.9 cm³/mol. The fourth-order valence-corrected chi connectivity index (χ4v) is 3.47. The number of aromatic hydroxyl groups is 1. The topological polar surface area (TPSA) is 59.4 Å². The number of nitrogens with zero attached hydrogens (tertiary/aromatic N) is 1. The number of rotatable bonds is 2. The molecule has 2 heterocycles. The average molecular weight is 418 g/mol. The van der Waals surface area contributed by atoms with Gasteiger partial charge in [-0.1, -0.05) is 27.7 Å². The molecule has 1 aliphatic rings. The van der Waals surface area contributed by atoms with E-state index in [1.807, 2.05) is 0 Å². The summed E-state index contributed by atoms with van der Waals surface area (Å²) in [4.78, 5) is 16.7. The van der Waals surface area contributed by atoms with Crippen molar-refractivity contribution in [2.24, 2.45) is 0 Å². The number of allylic oxidation sites excluding steroid dienone is 1. The first-order chi connectivity index (χ1) is 11.2. The standard InChI is InChI=1S/C15H7BrF3NO3S/c16-9-6-10(21)11(23-15(17,18)19)4-7(9)5-12-13(22)8-2-1-3-20-14(8)24-12/h1-6,21H/b12-5-. The fraction of sp³-hybridized carbons (Fsp3) is 0.0667. The summed E-state index contributed by atoms with van der Waals surface area (Å²) in [6.07, 6.45) is -1.97. The van der Waals surface area contributed by atoms with Gasteiger partial charge in [-0.05, 0) is 35.9 Å². The lowest BCUT2D eigenvalue weighted by Crippen LogP contribution is -2.17. The van der Waals surface area contributed by atoms with Gasteiger partial charge < -0.3 is 9.84 Å². The zero-order valence-corrected chi connectivity index (χ0v) is 14.0. The van der Waals surface area contributed by atoms with Crippen LogP contribution in [0.4, 0.5) is 13.2 Å². The summed E-state index contributed by atoms with van der Waals surface area (Å²) < 4.78 is 41.2. The molecule has 0 saturated heterocycles. The number of alkyl halides is 3. The number of pyridine rings is 1. The number of thioether (sulfide) groups is 1. The number of phenols is 1. The number of Topliss-reactive ketones (excluding diaryl/α,β-unsaturated/α-hetero) is 1. The number of hydrogen-bond donors (Lipinski definition) is 1. The van der Waals surface area contributed by atoms with Crippen LogP contribution in [0.3, 0.4) is 0 Å². The molecule has 0 spiro atoms. The summed E-state index contributed by atoms with van der Waals surface area (Å²) in [5.41, 5.74) is 0.700. The second kappa shape index (κ2) is 6.14. The zero-order chi connectivity index (χ0) is 17.5. The number of phenolic OH excluding ortho intramolecular Hbond substituents is 1. The van der Waals surface area contributed by atoms with Gasteiger partial charge in [0.15, 0.2) is 11.5 Å². The Morgan fingerprint density at radius 3 is 2.75 bits per heavy atom. The van der Waals surface area contributed by atoms with Gasteiger partial charge in [0.1, 0.15) is 5.03 Å². The first kappa shape index (κ1) is 16.8. The Balaban J connectivity index is 1.99. The highest BCUT2D eigenvalue weighted by molar-refractivity contribution is 9.10. The van der Waals surface area contributed by atoms with Gasteiger partial charge in [0.25, 0.3) is 0 Å². The molecule has 1 N–H and O–H groups in total. The largest absolute Gasteiger partial charge is 0.573 e. The van der Waals surface area contributed by atoms with E-state index in [1.54, 1.807) is 18.3 Å². The molecule has 1 aromatic heterocycles. The van der Waals surface area contributed by atoms with Crippen LogP contribution >= 0.6 is 27.7 Å². The predicted octanol–water partition coefficient (Wildman–Crippen LogP) is 4.78. The Morgan fingerprint density at radius 1 is 1.33 bits per heavy atom. The van der Waals surface area contributed by atoms with E-state index in [4.69, 9.17) is 0 Å². The van der Waals surface area contributed by atoms with Crippen molar-refractivity contribution < 1.29 is 27.8 Å².